The topological polar surface area (TPSA) is 17.1 Å². The van der Waals surface area contributed by atoms with Crippen molar-refractivity contribution in [3.63, 3.8) is 0 Å². The Balaban J connectivity index is 1.79. The summed E-state index contributed by atoms with van der Waals surface area (Å²) in [7, 11) is 0. The summed E-state index contributed by atoms with van der Waals surface area (Å²) in [6, 6.07) is 0. The van der Waals surface area contributed by atoms with Crippen LogP contribution < -0.4 is 0 Å². The van der Waals surface area contributed by atoms with Crippen molar-refractivity contribution in [2.24, 2.45) is 11.8 Å². The van der Waals surface area contributed by atoms with E-state index in [4.69, 9.17) is 0 Å². The lowest BCUT2D eigenvalue weighted by molar-refractivity contribution is -0.127. The number of halogens is 2. The molecule has 0 atom stereocenters. The SMILES string of the molecule is O=C(CC1CC1)C1CCC(F)(F)CC1. The molecule has 0 aromatic rings. The molecule has 2 saturated carbocycles. The van der Waals surface area contributed by atoms with E-state index in [-0.39, 0.29) is 24.5 Å². The smallest absolute Gasteiger partial charge is 0.248 e. The highest BCUT2D eigenvalue weighted by Gasteiger charge is 2.38. The fourth-order valence-corrected chi connectivity index (χ4v) is 2.14. The molecule has 2 aliphatic rings. The zero-order valence-corrected chi connectivity index (χ0v) is 8.27. The van der Waals surface area contributed by atoms with E-state index in [0.29, 0.717) is 25.2 Å². The van der Waals surface area contributed by atoms with Crippen molar-refractivity contribution in [2.45, 2.75) is 50.9 Å². The van der Waals surface area contributed by atoms with Crippen molar-refractivity contribution >= 4 is 5.78 Å². The van der Waals surface area contributed by atoms with Crippen LogP contribution in [-0.2, 0) is 4.79 Å². The van der Waals surface area contributed by atoms with Crippen LogP contribution in [0.4, 0.5) is 8.78 Å². The molecule has 0 amide bonds. The molecule has 0 aromatic heterocycles. The van der Waals surface area contributed by atoms with Crippen LogP contribution in [-0.4, -0.2) is 11.7 Å². The summed E-state index contributed by atoms with van der Waals surface area (Å²) in [4.78, 5) is 11.6. The Morgan fingerprint density at radius 1 is 1.14 bits per heavy atom. The molecule has 0 bridgehead atoms. The van der Waals surface area contributed by atoms with Gasteiger partial charge in [-0.15, -0.1) is 0 Å². The third-order valence-electron chi connectivity index (χ3n) is 3.36. The first-order valence-electron chi connectivity index (χ1n) is 5.47. The van der Waals surface area contributed by atoms with Crippen molar-refractivity contribution in [2.75, 3.05) is 0 Å². The fraction of sp³-hybridized carbons (Fsp3) is 0.909. The molecule has 0 N–H and O–H groups in total. The van der Waals surface area contributed by atoms with Gasteiger partial charge in [0.15, 0.2) is 0 Å². The predicted octanol–water partition coefficient (Wildman–Crippen LogP) is 3.18. The number of ketones is 1. The highest BCUT2D eigenvalue weighted by atomic mass is 19.3. The van der Waals surface area contributed by atoms with E-state index < -0.39 is 5.92 Å². The Morgan fingerprint density at radius 2 is 1.71 bits per heavy atom. The monoisotopic (exact) mass is 202 g/mol. The lowest BCUT2D eigenvalue weighted by Gasteiger charge is -2.27. The standard InChI is InChI=1S/C11H16F2O/c12-11(13)5-3-9(4-6-11)10(14)7-8-1-2-8/h8-9H,1-7H2. The number of hydrogen-bond donors (Lipinski definition) is 0. The van der Waals surface area contributed by atoms with Gasteiger partial charge < -0.3 is 0 Å². The Bertz CT molecular complexity index is 223. The average molecular weight is 202 g/mol. The van der Waals surface area contributed by atoms with Gasteiger partial charge in [-0.05, 0) is 31.6 Å². The Hall–Kier alpha value is -0.470. The van der Waals surface area contributed by atoms with Crippen LogP contribution in [0.2, 0.25) is 0 Å². The van der Waals surface area contributed by atoms with Gasteiger partial charge in [0, 0.05) is 25.2 Å². The quantitative estimate of drug-likeness (QED) is 0.687. The molecule has 0 spiro atoms. The summed E-state index contributed by atoms with van der Waals surface area (Å²) in [5.41, 5.74) is 0. The molecule has 3 heteroatoms. The highest BCUT2D eigenvalue weighted by Crippen LogP contribution is 2.39. The molecule has 14 heavy (non-hydrogen) atoms. The maximum absolute atomic E-state index is 12.8. The number of rotatable bonds is 3. The van der Waals surface area contributed by atoms with Gasteiger partial charge in [0.25, 0.3) is 0 Å². The summed E-state index contributed by atoms with van der Waals surface area (Å²) >= 11 is 0. The predicted molar refractivity (Wildman–Crippen MR) is 49.3 cm³/mol. The first-order chi connectivity index (χ1) is 6.57. The van der Waals surface area contributed by atoms with Gasteiger partial charge in [0.05, 0.1) is 0 Å². The molecular formula is C11H16F2O. The second-order valence-electron chi connectivity index (χ2n) is 4.74. The van der Waals surface area contributed by atoms with Crippen LogP contribution in [0.1, 0.15) is 44.9 Å². The molecular weight excluding hydrogens is 186 g/mol. The van der Waals surface area contributed by atoms with Gasteiger partial charge in [-0.2, -0.15) is 0 Å². The van der Waals surface area contributed by atoms with Crippen LogP contribution in [0.15, 0.2) is 0 Å². The summed E-state index contributed by atoms with van der Waals surface area (Å²) in [5, 5.41) is 0. The minimum atomic E-state index is -2.50. The number of alkyl halides is 2. The molecule has 0 aliphatic heterocycles. The summed E-state index contributed by atoms with van der Waals surface area (Å²) in [5.74, 6) is -1.74. The summed E-state index contributed by atoms with van der Waals surface area (Å²) in [6.45, 7) is 0. The van der Waals surface area contributed by atoms with E-state index in [9.17, 15) is 13.6 Å². The molecule has 1 nitrogen and oxygen atoms in total. The summed E-state index contributed by atoms with van der Waals surface area (Å²) in [6.07, 6.45) is 3.60. The lowest BCUT2D eigenvalue weighted by atomic mass is 9.83. The molecule has 2 fully saturated rings. The van der Waals surface area contributed by atoms with E-state index >= 15 is 0 Å². The number of carbonyl (C=O) groups is 1. The molecule has 0 heterocycles. The third kappa shape index (κ3) is 2.52. The maximum Gasteiger partial charge on any atom is 0.248 e. The van der Waals surface area contributed by atoms with Crippen LogP contribution >= 0.6 is 0 Å². The van der Waals surface area contributed by atoms with Crippen molar-refractivity contribution in [1.29, 1.82) is 0 Å². The van der Waals surface area contributed by atoms with Crippen LogP contribution in [0.5, 0.6) is 0 Å². The molecule has 0 unspecified atom stereocenters. The highest BCUT2D eigenvalue weighted by molar-refractivity contribution is 5.81. The van der Waals surface area contributed by atoms with Gasteiger partial charge in [0.2, 0.25) is 5.92 Å². The number of carbonyl (C=O) groups excluding carboxylic acids is 1. The Labute approximate surface area is 82.9 Å². The Morgan fingerprint density at radius 3 is 2.21 bits per heavy atom. The zero-order valence-electron chi connectivity index (χ0n) is 8.27. The van der Waals surface area contributed by atoms with Gasteiger partial charge in [-0.3, -0.25) is 4.79 Å². The van der Waals surface area contributed by atoms with E-state index in [0.717, 1.165) is 12.8 Å². The summed E-state index contributed by atoms with van der Waals surface area (Å²) < 4.78 is 25.6. The largest absolute Gasteiger partial charge is 0.299 e. The molecule has 0 saturated heterocycles. The van der Waals surface area contributed by atoms with E-state index in [1.165, 1.54) is 0 Å². The first kappa shape index (κ1) is 10.1. The molecule has 80 valence electrons. The van der Waals surface area contributed by atoms with Gasteiger partial charge in [0.1, 0.15) is 5.78 Å². The van der Waals surface area contributed by atoms with Crippen molar-refractivity contribution < 1.29 is 13.6 Å². The normalized spacial score (nSPS) is 27.6. The number of hydrogen-bond acceptors (Lipinski definition) is 1. The van der Waals surface area contributed by atoms with Crippen LogP contribution in [0.25, 0.3) is 0 Å². The van der Waals surface area contributed by atoms with Crippen molar-refractivity contribution in [3.05, 3.63) is 0 Å². The van der Waals surface area contributed by atoms with E-state index in [1.54, 1.807) is 0 Å². The minimum Gasteiger partial charge on any atom is -0.299 e. The van der Waals surface area contributed by atoms with Gasteiger partial charge in [-0.1, -0.05) is 0 Å². The van der Waals surface area contributed by atoms with E-state index in [1.807, 2.05) is 0 Å². The second-order valence-corrected chi connectivity index (χ2v) is 4.74. The fourth-order valence-electron chi connectivity index (χ4n) is 2.14. The Kier molecular flexibility index (Phi) is 2.58. The molecule has 0 aromatic carbocycles. The lowest BCUT2D eigenvalue weighted by Crippen LogP contribution is -2.28. The molecule has 2 rings (SSSR count). The minimum absolute atomic E-state index is 0.0600. The van der Waals surface area contributed by atoms with Crippen LogP contribution in [0, 0.1) is 11.8 Å². The van der Waals surface area contributed by atoms with Gasteiger partial charge in [-0.25, -0.2) is 8.78 Å². The zero-order chi connectivity index (χ0) is 10.2. The maximum atomic E-state index is 12.8. The number of Topliss-reactive ketones (excluding diaryl/α,β-unsaturated/α-hetero) is 1. The van der Waals surface area contributed by atoms with Gasteiger partial charge >= 0.3 is 0 Å². The van der Waals surface area contributed by atoms with E-state index in [2.05, 4.69) is 0 Å². The average Bonchev–Trinajstić information content (AvgIpc) is 2.88. The molecule has 2 aliphatic carbocycles. The molecule has 0 radical (unpaired) electrons. The first-order valence-corrected chi connectivity index (χ1v) is 5.47. The van der Waals surface area contributed by atoms with Crippen molar-refractivity contribution in [1.82, 2.24) is 0 Å². The second kappa shape index (κ2) is 3.59. The van der Waals surface area contributed by atoms with Crippen LogP contribution in [0.3, 0.4) is 0 Å². The van der Waals surface area contributed by atoms with Crippen molar-refractivity contribution in [3.8, 4) is 0 Å². The third-order valence-corrected chi connectivity index (χ3v) is 3.36.